The summed E-state index contributed by atoms with van der Waals surface area (Å²) in [6.45, 7) is 5.10. The molecular formula is C13H24N4O4. The second-order valence-corrected chi connectivity index (χ2v) is 5.86. The first-order chi connectivity index (χ1) is 9.70. The Morgan fingerprint density at radius 2 is 2.00 bits per heavy atom. The van der Waals surface area contributed by atoms with Crippen LogP contribution in [0.5, 0.6) is 0 Å². The maximum absolute atomic E-state index is 11.9. The molecule has 0 saturated carbocycles. The smallest absolute Gasteiger partial charge is 0.317 e. The number of primary amides is 1. The quantitative estimate of drug-likeness (QED) is 0.591. The van der Waals surface area contributed by atoms with E-state index >= 15 is 0 Å². The van der Waals surface area contributed by atoms with Gasteiger partial charge in [-0.1, -0.05) is 13.8 Å². The van der Waals surface area contributed by atoms with Crippen LogP contribution in [0.25, 0.3) is 0 Å². The van der Waals surface area contributed by atoms with E-state index in [2.05, 4.69) is 5.32 Å². The zero-order valence-corrected chi connectivity index (χ0v) is 12.7. The number of nitrogens with zero attached hydrogens (tertiary/aromatic N) is 2. The number of likely N-dealkylation sites (tertiary alicyclic amines) is 1. The first-order valence-electron chi connectivity index (χ1n) is 6.94. The summed E-state index contributed by atoms with van der Waals surface area (Å²) in [5.41, 5.74) is 5.08. The molecule has 0 unspecified atom stereocenters. The third-order valence-electron chi connectivity index (χ3n) is 3.76. The van der Waals surface area contributed by atoms with Crippen LogP contribution in [0.2, 0.25) is 0 Å². The number of carboxylic acids is 1. The number of hydrogen-bond donors (Lipinski definition) is 3. The number of carboxylic acid groups (broad SMARTS) is 1. The fourth-order valence-electron chi connectivity index (χ4n) is 2.61. The highest BCUT2D eigenvalue weighted by atomic mass is 16.4. The third-order valence-corrected chi connectivity index (χ3v) is 3.76. The number of hydrogen-bond acceptors (Lipinski definition) is 4. The van der Waals surface area contributed by atoms with Crippen LogP contribution in [0, 0.1) is 11.8 Å². The van der Waals surface area contributed by atoms with Gasteiger partial charge in [-0.2, -0.15) is 0 Å². The van der Waals surface area contributed by atoms with E-state index in [4.69, 9.17) is 10.8 Å². The van der Waals surface area contributed by atoms with E-state index in [-0.39, 0.29) is 31.0 Å². The van der Waals surface area contributed by atoms with E-state index < -0.39 is 12.0 Å². The summed E-state index contributed by atoms with van der Waals surface area (Å²) in [5, 5.41) is 11.7. The Morgan fingerprint density at radius 1 is 1.38 bits per heavy atom. The van der Waals surface area contributed by atoms with Crippen molar-refractivity contribution < 1.29 is 19.5 Å². The van der Waals surface area contributed by atoms with Crippen molar-refractivity contribution in [2.24, 2.45) is 17.6 Å². The molecule has 2 atom stereocenters. The lowest BCUT2D eigenvalue weighted by atomic mass is 9.91. The first-order valence-corrected chi connectivity index (χ1v) is 6.94. The van der Waals surface area contributed by atoms with E-state index in [0.29, 0.717) is 19.0 Å². The molecule has 8 heteroatoms. The molecule has 0 aromatic carbocycles. The van der Waals surface area contributed by atoms with Gasteiger partial charge in [-0.05, 0) is 11.8 Å². The van der Waals surface area contributed by atoms with Crippen molar-refractivity contribution >= 4 is 17.9 Å². The highest BCUT2D eigenvalue weighted by molar-refractivity contribution is 5.83. The Labute approximate surface area is 124 Å². The molecule has 21 heavy (non-hydrogen) atoms. The van der Waals surface area contributed by atoms with Gasteiger partial charge in [-0.3, -0.25) is 14.5 Å². The van der Waals surface area contributed by atoms with Crippen molar-refractivity contribution in [1.29, 1.82) is 0 Å². The standard InChI is InChI=1S/C13H24N4O4/c1-8(2)9-4-17(7-12(19)20)5-10(9)15-11(18)6-16(3)13(14)21/h8-10H,4-7H2,1-3H3,(H2,14,21)(H,15,18)(H,19,20)/t9-,10+/m0/s1. The zero-order valence-electron chi connectivity index (χ0n) is 12.7. The molecule has 0 aliphatic carbocycles. The number of aliphatic carboxylic acids is 1. The Bertz CT molecular complexity index is 413. The summed E-state index contributed by atoms with van der Waals surface area (Å²) in [7, 11) is 1.45. The second-order valence-electron chi connectivity index (χ2n) is 5.86. The fraction of sp³-hybridized carbons (Fsp3) is 0.769. The first kappa shape index (κ1) is 17.2. The Balaban J connectivity index is 2.60. The van der Waals surface area contributed by atoms with Crippen LogP contribution in [-0.2, 0) is 9.59 Å². The van der Waals surface area contributed by atoms with Gasteiger partial charge in [0.1, 0.15) is 6.54 Å². The number of carbonyl (C=O) groups excluding carboxylic acids is 2. The highest BCUT2D eigenvalue weighted by Crippen LogP contribution is 2.24. The third kappa shape index (κ3) is 5.22. The summed E-state index contributed by atoms with van der Waals surface area (Å²) >= 11 is 0. The van der Waals surface area contributed by atoms with Crippen LogP contribution in [-0.4, -0.2) is 72.1 Å². The molecule has 1 aliphatic heterocycles. The number of rotatable bonds is 6. The fourth-order valence-corrected chi connectivity index (χ4v) is 2.61. The molecule has 120 valence electrons. The summed E-state index contributed by atoms with van der Waals surface area (Å²) in [6.07, 6.45) is 0. The van der Waals surface area contributed by atoms with Gasteiger partial charge in [0.15, 0.2) is 0 Å². The molecule has 0 aromatic heterocycles. The van der Waals surface area contributed by atoms with Crippen molar-refractivity contribution in [3.63, 3.8) is 0 Å². The molecule has 1 rings (SSSR count). The van der Waals surface area contributed by atoms with Crippen LogP contribution in [0.4, 0.5) is 4.79 Å². The van der Waals surface area contributed by atoms with Crippen molar-refractivity contribution in [2.75, 3.05) is 33.2 Å². The number of urea groups is 1. The normalized spacial score (nSPS) is 22.3. The largest absolute Gasteiger partial charge is 0.480 e. The van der Waals surface area contributed by atoms with Crippen molar-refractivity contribution in [1.82, 2.24) is 15.1 Å². The van der Waals surface area contributed by atoms with Crippen LogP contribution < -0.4 is 11.1 Å². The number of carbonyl (C=O) groups is 3. The maximum Gasteiger partial charge on any atom is 0.317 e. The number of nitrogens with one attached hydrogen (secondary N) is 1. The summed E-state index contributed by atoms with van der Waals surface area (Å²) < 4.78 is 0. The van der Waals surface area contributed by atoms with Gasteiger partial charge in [-0.25, -0.2) is 4.79 Å². The van der Waals surface area contributed by atoms with Gasteiger partial charge in [0.05, 0.1) is 6.54 Å². The molecule has 1 heterocycles. The van der Waals surface area contributed by atoms with Gasteiger partial charge in [0, 0.05) is 26.2 Å². The van der Waals surface area contributed by atoms with E-state index in [1.165, 1.54) is 7.05 Å². The van der Waals surface area contributed by atoms with Crippen molar-refractivity contribution in [3.05, 3.63) is 0 Å². The molecule has 4 N–H and O–H groups in total. The number of likely N-dealkylation sites (N-methyl/N-ethyl adjacent to an activating group) is 1. The topological polar surface area (TPSA) is 116 Å². The van der Waals surface area contributed by atoms with Crippen molar-refractivity contribution in [3.8, 4) is 0 Å². The minimum Gasteiger partial charge on any atom is -0.480 e. The molecular weight excluding hydrogens is 276 g/mol. The van der Waals surface area contributed by atoms with E-state index in [1.807, 2.05) is 18.7 Å². The number of amides is 3. The molecule has 0 bridgehead atoms. The van der Waals surface area contributed by atoms with Crippen molar-refractivity contribution in [2.45, 2.75) is 19.9 Å². The molecule has 1 aliphatic rings. The predicted molar refractivity (Wildman–Crippen MR) is 76.5 cm³/mol. The molecule has 0 radical (unpaired) electrons. The second kappa shape index (κ2) is 7.26. The molecule has 3 amide bonds. The Kier molecular flexibility index (Phi) is 5.95. The van der Waals surface area contributed by atoms with Gasteiger partial charge in [0.25, 0.3) is 0 Å². The van der Waals surface area contributed by atoms with Crippen LogP contribution >= 0.6 is 0 Å². The summed E-state index contributed by atoms with van der Waals surface area (Å²) in [4.78, 5) is 36.6. The SMILES string of the molecule is CC(C)[C@@H]1CN(CC(=O)O)C[C@H]1NC(=O)CN(C)C(N)=O. The van der Waals surface area contributed by atoms with Crippen LogP contribution in [0.3, 0.4) is 0 Å². The van der Waals surface area contributed by atoms with E-state index in [0.717, 1.165) is 4.90 Å². The minimum atomic E-state index is -0.877. The van der Waals surface area contributed by atoms with Crippen LogP contribution in [0.15, 0.2) is 0 Å². The van der Waals surface area contributed by atoms with Gasteiger partial charge >= 0.3 is 12.0 Å². The monoisotopic (exact) mass is 300 g/mol. The van der Waals surface area contributed by atoms with Gasteiger partial charge < -0.3 is 21.1 Å². The average Bonchev–Trinajstić information content (AvgIpc) is 2.70. The lowest BCUT2D eigenvalue weighted by Gasteiger charge is -2.24. The summed E-state index contributed by atoms with van der Waals surface area (Å²) in [5.74, 6) is -0.655. The molecule has 8 nitrogen and oxygen atoms in total. The Morgan fingerprint density at radius 3 is 2.48 bits per heavy atom. The number of nitrogens with two attached hydrogens (primary N) is 1. The highest BCUT2D eigenvalue weighted by Gasteiger charge is 2.36. The zero-order chi connectivity index (χ0) is 16.2. The molecule has 0 spiro atoms. The lowest BCUT2D eigenvalue weighted by Crippen LogP contribution is -2.47. The van der Waals surface area contributed by atoms with Gasteiger partial charge in [0.2, 0.25) is 5.91 Å². The predicted octanol–water partition coefficient (Wildman–Crippen LogP) is -0.846. The molecule has 0 aromatic rings. The Hall–Kier alpha value is -1.83. The minimum absolute atomic E-state index is 0.0310. The maximum atomic E-state index is 11.9. The van der Waals surface area contributed by atoms with E-state index in [9.17, 15) is 14.4 Å². The molecule has 1 fully saturated rings. The molecule has 1 saturated heterocycles. The van der Waals surface area contributed by atoms with Crippen LogP contribution in [0.1, 0.15) is 13.8 Å². The lowest BCUT2D eigenvalue weighted by molar-refractivity contribution is -0.138. The van der Waals surface area contributed by atoms with Gasteiger partial charge in [-0.15, -0.1) is 0 Å². The van der Waals surface area contributed by atoms with E-state index in [1.54, 1.807) is 0 Å². The average molecular weight is 300 g/mol. The summed E-state index contributed by atoms with van der Waals surface area (Å²) in [6, 6.07) is -0.775.